The number of nitrogens with zero attached hydrogens (tertiary/aromatic N) is 5. The zero-order chi connectivity index (χ0) is 18.9. The number of aromatic nitrogens is 4. The highest BCUT2D eigenvalue weighted by molar-refractivity contribution is 7.20. The van der Waals surface area contributed by atoms with E-state index >= 15 is 0 Å². The van der Waals surface area contributed by atoms with Crippen molar-refractivity contribution >= 4 is 33.0 Å². The number of ether oxygens (including phenoxy) is 1. The van der Waals surface area contributed by atoms with Crippen LogP contribution in [-0.4, -0.2) is 38.8 Å². The lowest BCUT2D eigenvalue weighted by Crippen LogP contribution is -2.22. The molecule has 5 rings (SSSR count). The van der Waals surface area contributed by atoms with E-state index in [1.807, 2.05) is 47.1 Å². The standard InChI is InChI=1S/C20H18ClN5OS/c21-16-3-1-15(2-4-16)18-12-26-19(23-18)28-20(24-26)25-10-7-17(11-25)27-13-14-5-8-22-9-6-14/h1-6,8-9,12,17H,7,10-11,13H2. The Labute approximate surface area is 171 Å². The first-order valence-corrected chi connectivity index (χ1v) is 10.3. The average Bonchev–Trinajstić information content (AvgIpc) is 3.42. The van der Waals surface area contributed by atoms with Crippen LogP contribution >= 0.6 is 22.9 Å². The van der Waals surface area contributed by atoms with Crippen molar-refractivity contribution in [3.8, 4) is 11.3 Å². The number of hydrogen-bond donors (Lipinski definition) is 0. The van der Waals surface area contributed by atoms with Gasteiger partial charge in [0.05, 0.1) is 24.6 Å². The molecule has 0 saturated carbocycles. The first kappa shape index (κ1) is 17.6. The maximum Gasteiger partial charge on any atom is 0.214 e. The van der Waals surface area contributed by atoms with E-state index < -0.39 is 0 Å². The molecule has 0 spiro atoms. The summed E-state index contributed by atoms with van der Waals surface area (Å²) in [5.74, 6) is 0. The summed E-state index contributed by atoms with van der Waals surface area (Å²) in [7, 11) is 0. The van der Waals surface area contributed by atoms with Gasteiger partial charge >= 0.3 is 0 Å². The zero-order valence-electron chi connectivity index (χ0n) is 15.0. The van der Waals surface area contributed by atoms with Crippen molar-refractivity contribution in [3.63, 3.8) is 0 Å². The van der Waals surface area contributed by atoms with Gasteiger partial charge in [0.1, 0.15) is 0 Å². The Hall–Kier alpha value is -2.48. The topological polar surface area (TPSA) is 55.5 Å². The number of imidazole rings is 1. The van der Waals surface area contributed by atoms with E-state index in [4.69, 9.17) is 26.4 Å². The van der Waals surface area contributed by atoms with Crippen LogP contribution in [0, 0.1) is 0 Å². The second-order valence-corrected chi connectivity index (χ2v) is 8.14. The summed E-state index contributed by atoms with van der Waals surface area (Å²) >= 11 is 7.57. The Kier molecular flexibility index (Phi) is 4.72. The number of rotatable bonds is 5. The van der Waals surface area contributed by atoms with Crippen molar-refractivity contribution in [2.75, 3.05) is 18.0 Å². The third-order valence-electron chi connectivity index (χ3n) is 4.82. The summed E-state index contributed by atoms with van der Waals surface area (Å²) in [5, 5.41) is 6.43. The SMILES string of the molecule is Clc1ccc(-c2cn3nc(N4CCC(OCc5ccncc5)C4)sc3n2)cc1. The number of benzene rings is 1. The fraction of sp³-hybridized carbons (Fsp3) is 0.250. The molecule has 1 aliphatic heterocycles. The Bertz CT molecular complexity index is 1050. The highest BCUT2D eigenvalue weighted by Gasteiger charge is 2.26. The molecule has 1 saturated heterocycles. The van der Waals surface area contributed by atoms with Gasteiger partial charge in [0.15, 0.2) is 0 Å². The minimum Gasteiger partial charge on any atom is -0.372 e. The molecule has 0 N–H and O–H groups in total. The van der Waals surface area contributed by atoms with E-state index in [0.29, 0.717) is 6.61 Å². The van der Waals surface area contributed by atoms with Crippen molar-refractivity contribution in [3.05, 3.63) is 65.6 Å². The molecule has 1 unspecified atom stereocenters. The fourth-order valence-electron chi connectivity index (χ4n) is 3.31. The Morgan fingerprint density at radius 2 is 1.96 bits per heavy atom. The molecule has 142 valence electrons. The van der Waals surface area contributed by atoms with Crippen LogP contribution < -0.4 is 4.90 Å². The van der Waals surface area contributed by atoms with Crippen molar-refractivity contribution in [1.82, 2.24) is 19.6 Å². The highest BCUT2D eigenvalue weighted by Crippen LogP contribution is 2.29. The number of anilines is 1. The minimum absolute atomic E-state index is 0.217. The van der Waals surface area contributed by atoms with Crippen LogP contribution in [0.15, 0.2) is 55.0 Å². The van der Waals surface area contributed by atoms with Crippen molar-refractivity contribution in [1.29, 1.82) is 0 Å². The smallest absolute Gasteiger partial charge is 0.214 e. The van der Waals surface area contributed by atoms with Gasteiger partial charge in [-0.05, 0) is 36.2 Å². The van der Waals surface area contributed by atoms with Crippen LogP contribution in [0.5, 0.6) is 0 Å². The summed E-state index contributed by atoms with van der Waals surface area (Å²) < 4.78 is 7.91. The van der Waals surface area contributed by atoms with E-state index in [0.717, 1.165) is 51.4 Å². The lowest BCUT2D eigenvalue weighted by Gasteiger charge is -2.14. The summed E-state index contributed by atoms with van der Waals surface area (Å²) in [6, 6.07) is 11.7. The first-order valence-electron chi connectivity index (χ1n) is 9.12. The second-order valence-electron chi connectivity index (χ2n) is 6.77. The van der Waals surface area contributed by atoms with Crippen molar-refractivity contribution in [2.24, 2.45) is 0 Å². The zero-order valence-corrected chi connectivity index (χ0v) is 16.6. The molecular weight excluding hydrogens is 394 g/mol. The molecule has 4 heterocycles. The van der Waals surface area contributed by atoms with Gasteiger partial charge in [-0.15, -0.1) is 5.10 Å². The number of halogens is 1. The Balaban J connectivity index is 1.25. The Morgan fingerprint density at radius 1 is 1.14 bits per heavy atom. The molecule has 0 radical (unpaired) electrons. The summed E-state index contributed by atoms with van der Waals surface area (Å²) in [6.07, 6.45) is 6.77. The fourth-order valence-corrected chi connectivity index (χ4v) is 4.35. The summed E-state index contributed by atoms with van der Waals surface area (Å²) in [6.45, 7) is 2.42. The van der Waals surface area contributed by atoms with E-state index in [-0.39, 0.29) is 6.10 Å². The first-order chi connectivity index (χ1) is 13.7. The van der Waals surface area contributed by atoms with Gasteiger partial charge in [-0.1, -0.05) is 35.1 Å². The van der Waals surface area contributed by atoms with Crippen LogP contribution in [0.4, 0.5) is 5.13 Å². The Morgan fingerprint density at radius 3 is 2.75 bits per heavy atom. The van der Waals surface area contributed by atoms with Gasteiger partial charge in [0.2, 0.25) is 10.1 Å². The molecular formula is C20H18ClN5OS. The monoisotopic (exact) mass is 411 g/mol. The molecule has 3 aromatic heterocycles. The molecule has 1 atom stereocenters. The van der Waals surface area contributed by atoms with Gasteiger partial charge in [-0.25, -0.2) is 9.50 Å². The maximum atomic E-state index is 6.06. The molecule has 1 fully saturated rings. The van der Waals surface area contributed by atoms with E-state index in [9.17, 15) is 0 Å². The van der Waals surface area contributed by atoms with Gasteiger partial charge in [0, 0.05) is 36.1 Å². The lowest BCUT2D eigenvalue weighted by molar-refractivity contribution is 0.0553. The largest absolute Gasteiger partial charge is 0.372 e. The average molecular weight is 412 g/mol. The van der Waals surface area contributed by atoms with Crippen LogP contribution in [0.25, 0.3) is 16.2 Å². The molecule has 8 heteroatoms. The minimum atomic E-state index is 0.217. The van der Waals surface area contributed by atoms with Crippen LogP contribution in [0.2, 0.25) is 5.02 Å². The molecule has 0 bridgehead atoms. The molecule has 6 nitrogen and oxygen atoms in total. The molecule has 28 heavy (non-hydrogen) atoms. The van der Waals surface area contributed by atoms with Gasteiger partial charge < -0.3 is 9.64 Å². The number of fused-ring (bicyclic) bond motifs is 1. The molecule has 1 aromatic carbocycles. The summed E-state index contributed by atoms with van der Waals surface area (Å²) in [5.41, 5.74) is 3.09. The quantitative estimate of drug-likeness (QED) is 0.490. The molecule has 0 aliphatic carbocycles. The maximum absolute atomic E-state index is 6.06. The van der Waals surface area contributed by atoms with E-state index in [2.05, 4.69) is 9.88 Å². The molecule has 4 aromatic rings. The van der Waals surface area contributed by atoms with Crippen LogP contribution in [-0.2, 0) is 11.3 Å². The van der Waals surface area contributed by atoms with Crippen LogP contribution in [0.1, 0.15) is 12.0 Å². The van der Waals surface area contributed by atoms with Crippen LogP contribution in [0.3, 0.4) is 0 Å². The molecule has 1 aliphatic rings. The van der Waals surface area contributed by atoms with Crippen molar-refractivity contribution < 1.29 is 4.74 Å². The van der Waals surface area contributed by atoms with Crippen molar-refractivity contribution in [2.45, 2.75) is 19.1 Å². The van der Waals surface area contributed by atoms with E-state index in [1.54, 1.807) is 23.7 Å². The normalized spacial score (nSPS) is 16.9. The number of pyridine rings is 1. The summed E-state index contributed by atoms with van der Waals surface area (Å²) in [4.78, 5) is 11.9. The third kappa shape index (κ3) is 3.61. The van der Waals surface area contributed by atoms with E-state index in [1.165, 1.54) is 0 Å². The van der Waals surface area contributed by atoms with Gasteiger partial charge in [-0.3, -0.25) is 4.98 Å². The van der Waals surface area contributed by atoms with Gasteiger partial charge in [-0.2, -0.15) is 0 Å². The second kappa shape index (κ2) is 7.50. The lowest BCUT2D eigenvalue weighted by atomic mass is 10.2. The predicted octanol–water partition coefficient (Wildman–Crippen LogP) is 4.30. The molecule has 0 amide bonds. The number of hydrogen-bond acceptors (Lipinski definition) is 6. The highest BCUT2D eigenvalue weighted by atomic mass is 35.5. The van der Waals surface area contributed by atoms with Gasteiger partial charge in [0.25, 0.3) is 0 Å². The third-order valence-corrected chi connectivity index (χ3v) is 6.06. The predicted molar refractivity (Wildman–Crippen MR) is 111 cm³/mol.